The Morgan fingerprint density at radius 1 is 1.07 bits per heavy atom. The lowest BCUT2D eigenvalue weighted by atomic mass is 10.2. The van der Waals surface area contributed by atoms with Crippen molar-refractivity contribution >= 4 is 37.8 Å². The van der Waals surface area contributed by atoms with Crippen molar-refractivity contribution in [1.82, 2.24) is 9.21 Å². The molecule has 9 nitrogen and oxygen atoms in total. The molecule has 0 bridgehead atoms. The first-order valence-corrected chi connectivity index (χ1v) is 11.5. The van der Waals surface area contributed by atoms with E-state index in [1.165, 1.54) is 29.4 Å². The summed E-state index contributed by atoms with van der Waals surface area (Å²) in [6.07, 6.45) is -0.994. The molecule has 2 fully saturated rings. The Balaban J connectivity index is 1.74. The minimum Gasteiger partial charge on any atom is -0.449 e. The van der Waals surface area contributed by atoms with Gasteiger partial charge in [-0.3, -0.25) is 4.79 Å². The number of hydrogen-bond donors (Lipinski definition) is 0. The third-order valence-electron chi connectivity index (χ3n) is 4.72. The molecule has 29 heavy (non-hydrogen) atoms. The minimum absolute atomic E-state index is 0.0123. The zero-order chi connectivity index (χ0) is 21.0. The van der Waals surface area contributed by atoms with Gasteiger partial charge in [0.1, 0.15) is 0 Å². The van der Waals surface area contributed by atoms with Gasteiger partial charge in [-0.1, -0.05) is 0 Å². The lowest BCUT2D eigenvalue weighted by Gasteiger charge is -2.29. The SMILES string of the molecule is C[C@@H](OC(=O)c1cc(S(=O)(=O)N2CCOCC2)ccc1Br)C(=O)N1CCOCC1. The fourth-order valence-corrected chi connectivity index (χ4v) is 4.92. The lowest BCUT2D eigenvalue weighted by molar-refractivity contribution is -0.143. The maximum Gasteiger partial charge on any atom is 0.340 e. The van der Waals surface area contributed by atoms with Gasteiger partial charge in [0.25, 0.3) is 5.91 Å². The summed E-state index contributed by atoms with van der Waals surface area (Å²) in [6.45, 7) is 4.43. The monoisotopic (exact) mass is 490 g/mol. The van der Waals surface area contributed by atoms with Crippen LogP contribution in [0.2, 0.25) is 0 Å². The summed E-state index contributed by atoms with van der Waals surface area (Å²) in [7, 11) is -3.76. The zero-order valence-corrected chi connectivity index (χ0v) is 18.4. The van der Waals surface area contributed by atoms with Crippen LogP contribution in [-0.4, -0.2) is 88.2 Å². The van der Waals surface area contributed by atoms with Gasteiger partial charge in [0.15, 0.2) is 6.10 Å². The number of amides is 1. The fourth-order valence-electron chi connectivity index (χ4n) is 3.07. The van der Waals surface area contributed by atoms with Crippen molar-refractivity contribution in [1.29, 1.82) is 0 Å². The predicted molar refractivity (Wildman–Crippen MR) is 106 cm³/mol. The van der Waals surface area contributed by atoms with E-state index in [0.29, 0.717) is 44.0 Å². The zero-order valence-electron chi connectivity index (χ0n) is 16.0. The van der Waals surface area contributed by atoms with Gasteiger partial charge in [-0.25, -0.2) is 13.2 Å². The Morgan fingerprint density at radius 2 is 1.66 bits per heavy atom. The highest BCUT2D eigenvalue weighted by Crippen LogP contribution is 2.25. The molecule has 0 N–H and O–H groups in total. The van der Waals surface area contributed by atoms with Crippen molar-refractivity contribution < 1.29 is 32.2 Å². The van der Waals surface area contributed by atoms with Crippen molar-refractivity contribution in [3.8, 4) is 0 Å². The first-order valence-electron chi connectivity index (χ1n) is 9.25. The van der Waals surface area contributed by atoms with Crippen LogP contribution < -0.4 is 0 Å². The third kappa shape index (κ3) is 5.15. The van der Waals surface area contributed by atoms with Crippen molar-refractivity contribution in [2.24, 2.45) is 0 Å². The maximum atomic E-state index is 12.8. The second kappa shape index (κ2) is 9.52. The van der Waals surface area contributed by atoms with E-state index in [9.17, 15) is 18.0 Å². The van der Waals surface area contributed by atoms with E-state index in [1.807, 2.05) is 0 Å². The predicted octanol–water partition coefficient (Wildman–Crippen LogP) is 0.874. The average Bonchev–Trinajstić information content (AvgIpc) is 2.74. The van der Waals surface area contributed by atoms with Crippen LogP contribution in [0.15, 0.2) is 27.6 Å². The number of rotatable bonds is 5. The molecule has 1 aromatic rings. The Morgan fingerprint density at radius 3 is 2.28 bits per heavy atom. The van der Waals surface area contributed by atoms with E-state index in [0.717, 1.165) is 0 Å². The molecule has 3 rings (SSSR count). The second-order valence-corrected chi connectivity index (χ2v) is 9.44. The Kier molecular flexibility index (Phi) is 7.28. The van der Waals surface area contributed by atoms with E-state index >= 15 is 0 Å². The fraction of sp³-hybridized carbons (Fsp3) is 0.556. The molecule has 11 heteroatoms. The third-order valence-corrected chi connectivity index (χ3v) is 7.31. The van der Waals surface area contributed by atoms with E-state index in [-0.39, 0.29) is 29.5 Å². The summed E-state index contributed by atoms with van der Waals surface area (Å²) >= 11 is 3.26. The van der Waals surface area contributed by atoms with Crippen LogP contribution in [-0.2, 0) is 29.0 Å². The number of esters is 1. The van der Waals surface area contributed by atoms with Gasteiger partial charge >= 0.3 is 5.97 Å². The largest absolute Gasteiger partial charge is 0.449 e. The van der Waals surface area contributed by atoms with Crippen molar-refractivity contribution in [3.63, 3.8) is 0 Å². The van der Waals surface area contributed by atoms with E-state index in [1.54, 1.807) is 4.90 Å². The van der Waals surface area contributed by atoms with Crippen LogP contribution in [0.25, 0.3) is 0 Å². The van der Waals surface area contributed by atoms with Crippen molar-refractivity contribution in [2.75, 3.05) is 52.6 Å². The molecule has 2 heterocycles. The van der Waals surface area contributed by atoms with Gasteiger partial charge in [-0.2, -0.15) is 4.31 Å². The second-order valence-electron chi connectivity index (χ2n) is 6.64. The van der Waals surface area contributed by atoms with Crippen LogP contribution in [0, 0.1) is 0 Å². The summed E-state index contributed by atoms with van der Waals surface area (Å²) in [5, 5.41) is 0. The molecular formula is C18H23BrN2O7S. The standard InChI is InChI=1S/C18H23BrN2O7S/c1-13(17(22)20-4-8-26-9-5-20)28-18(23)15-12-14(2-3-16(15)19)29(24,25)21-6-10-27-11-7-21/h2-3,12-13H,4-11H2,1H3/t13-/m1/s1. The molecule has 0 saturated carbocycles. The molecule has 0 unspecified atom stereocenters. The summed E-state index contributed by atoms with van der Waals surface area (Å²) in [4.78, 5) is 26.7. The topological polar surface area (TPSA) is 102 Å². The van der Waals surface area contributed by atoms with Gasteiger partial charge in [0.2, 0.25) is 10.0 Å². The number of benzene rings is 1. The highest BCUT2D eigenvalue weighted by atomic mass is 79.9. The number of carbonyl (C=O) groups is 2. The van der Waals surface area contributed by atoms with Crippen LogP contribution in [0.4, 0.5) is 0 Å². The van der Waals surface area contributed by atoms with E-state index in [4.69, 9.17) is 14.2 Å². The molecule has 2 saturated heterocycles. The number of nitrogens with zero attached hydrogens (tertiary/aromatic N) is 2. The average molecular weight is 491 g/mol. The lowest BCUT2D eigenvalue weighted by Crippen LogP contribution is -2.46. The molecule has 1 aromatic carbocycles. The number of sulfonamides is 1. The highest BCUT2D eigenvalue weighted by molar-refractivity contribution is 9.10. The smallest absolute Gasteiger partial charge is 0.340 e. The number of morpholine rings is 2. The highest BCUT2D eigenvalue weighted by Gasteiger charge is 2.29. The molecule has 0 aliphatic carbocycles. The van der Waals surface area contributed by atoms with Gasteiger partial charge in [-0.05, 0) is 41.1 Å². The molecule has 0 aromatic heterocycles. The van der Waals surface area contributed by atoms with Gasteiger partial charge in [-0.15, -0.1) is 0 Å². The van der Waals surface area contributed by atoms with Gasteiger partial charge < -0.3 is 19.1 Å². The maximum absolute atomic E-state index is 12.8. The van der Waals surface area contributed by atoms with E-state index < -0.39 is 22.1 Å². The number of halogens is 1. The number of ether oxygens (including phenoxy) is 3. The quantitative estimate of drug-likeness (QED) is 0.564. The minimum atomic E-state index is -3.76. The van der Waals surface area contributed by atoms with Gasteiger partial charge in [0.05, 0.1) is 36.9 Å². The summed E-state index contributed by atoms with van der Waals surface area (Å²) in [6, 6.07) is 4.18. The van der Waals surface area contributed by atoms with Gasteiger partial charge in [0, 0.05) is 30.7 Å². The number of hydrogen-bond acceptors (Lipinski definition) is 7. The Bertz CT molecular complexity index is 865. The molecule has 1 atom stereocenters. The molecule has 160 valence electrons. The number of carbonyl (C=O) groups excluding carboxylic acids is 2. The molecule has 2 aliphatic heterocycles. The Hall–Kier alpha value is -1.53. The normalized spacial score (nSPS) is 19.6. The molecular weight excluding hydrogens is 468 g/mol. The van der Waals surface area contributed by atoms with Crippen LogP contribution in [0.3, 0.4) is 0 Å². The van der Waals surface area contributed by atoms with Crippen LogP contribution >= 0.6 is 15.9 Å². The van der Waals surface area contributed by atoms with Crippen LogP contribution in [0.1, 0.15) is 17.3 Å². The summed E-state index contributed by atoms with van der Waals surface area (Å²) < 4.78 is 43.1. The van der Waals surface area contributed by atoms with Crippen LogP contribution in [0.5, 0.6) is 0 Å². The molecule has 0 spiro atoms. The summed E-state index contributed by atoms with van der Waals surface area (Å²) in [5.41, 5.74) is 0.0426. The molecule has 1 amide bonds. The first kappa shape index (κ1) is 22.2. The van der Waals surface area contributed by atoms with Crippen molar-refractivity contribution in [3.05, 3.63) is 28.2 Å². The molecule has 2 aliphatic rings. The Labute approximate surface area is 178 Å². The molecule has 0 radical (unpaired) electrons. The first-order chi connectivity index (χ1) is 13.8. The summed E-state index contributed by atoms with van der Waals surface area (Å²) in [5.74, 6) is -1.08. The van der Waals surface area contributed by atoms with Crippen molar-refractivity contribution in [2.45, 2.75) is 17.9 Å². The van der Waals surface area contributed by atoms with E-state index in [2.05, 4.69) is 15.9 Å².